The summed E-state index contributed by atoms with van der Waals surface area (Å²) in [6.45, 7) is 0.622. The molecular weight excluding hydrogens is 282 g/mol. The Morgan fingerprint density at radius 2 is 2.14 bits per heavy atom. The van der Waals surface area contributed by atoms with E-state index in [9.17, 15) is 13.6 Å². The predicted molar refractivity (Wildman–Crippen MR) is 72.1 cm³/mol. The number of aliphatic hydroxyl groups is 1. The first-order chi connectivity index (χ1) is 10.1. The SMILES string of the molecule is O=C(NCCOc1ccc(F)c(F)c1)N(CCO)C1CC1. The first kappa shape index (κ1) is 15.5. The Labute approximate surface area is 121 Å². The molecule has 7 heteroatoms. The van der Waals surface area contributed by atoms with Gasteiger partial charge in [0, 0.05) is 18.7 Å². The topological polar surface area (TPSA) is 61.8 Å². The molecule has 1 fully saturated rings. The van der Waals surface area contributed by atoms with Crippen molar-refractivity contribution in [3.05, 3.63) is 29.8 Å². The van der Waals surface area contributed by atoms with Gasteiger partial charge in [-0.05, 0) is 25.0 Å². The number of rotatable bonds is 7. The smallest absolute Gasteiger partial charge is 0.317 e. The number of nitrogens with zero attached hydrogens (tertiary/aromatic N) is 1. The van der Waals surface area contributed by atoms with Gasteiger partial charge in [-0.1, -0.05) is 0 Å². The summed E-state index contributed by atoms with van der Waals surface area (Å²) in [6.07, 6.45) is 1.91. The van der Waals surface area contributed by atoms with Crippen molar-refractivity contribution in [1.29, 1.82) is 0 Å². The number of hydrogen-bond donors (Lipinski definition) is 2. The van der Waals surface area contributed by atoms with Crippen LogP contribution in [0.15, 0.2) is 18.2 Å². The van der Waals surface area contributed by atoms with Crippen molar-refractivity contribution in [1.82, 2.24) is 10.2 Å². The summed E-state index contributed by atoms with van der Waals surface area (Å²) in [5.41, 5.74) is 0. The molecule has 1 saturated carbocycles. The molecule has 21 heavy (non-hydrogen) atoms. The van der Waals surface area contributed by atoms with Crippen molar-refractivity contribution in [2.45, 2.75) is 18.9 Å². The summed E-state index contributed by atoms with van der Waals surface area (Å²) in [6, 6.07) is 3.23. The number of carbonyl (C=O) groups is 1. The summed E-state index contributed by atoms with van der Waals surface area (Å²) in [4.78, 5) is 13.5. The second-order valence-corrected chi connectivity index (χ2v) is 4.80. The highest BCUT2D eigenvalue weighted by atomic mass is 19.2. The Morgan fingerprint density at radius 3 is 2.76 bits per heavy atom. The molecule has 2 rings (SSSR count). The van der Waals surface area contributed by atoms with Crippen LogP contribution in [0.5, 0.6) is 5.75 Å². The van der Waals surface area contributed by atoms with E-state index >= 15 is 0 Å². The van der Waals surface area contributed by atoms with E-state index < -0.39 is 11.6 Å². The van der Waals surface area contributed by atoms with Crippen molar-refractivity contribution in [2.24, 2.45) is 0 Å². The summed E-state index contributed by atoms with van der Waals surface area (Å²) in [7, 11) is 0. The monoisotopic (exact) mass is 300 g/mol. The van der Waals surface area contributed by atoms with Crippen LogP contribution in [-0.4, -0.2) is 48.4 Å². The third-order valence-electron chi connectivity index (χ3n) is 3.13. The number of carbonyl (C=O) groups excluding carboxylic acids is 1. The molecule has 0 saturated heterocycles. The van der Waals surface area contributed by atoms with Gasteiger partial charge in [0.25, 0.3) is 0 Å². The fourth-order valence-corrected chi connectivity index (χ4v) is 1.94. The molecule has 0 spiro atoms. The Bertz CT molecular complexity index is 495. The summed E-state index contributed by atoms with van der Waals surface area (Å²) in [5, 5.41) is 11.6. The molecule has 1 aliphatic rings. The predicted octanol–water partition coefficient (Wildman–Crippen LogP) is 1.51. The lowest BCUT2D eigenvalue weighted by atomic mass is 10.3. The van der Waals surface area contributed by atoms with E-state index in [2.05, 4.69) is 5.32 Å². The van der Waals surface area contributed by atoms with Gasteiger partial charge in [-0.2, -0.15) is 0 Å². The molecule has 1 aromatic rings. The molecule has 0 bridgehead atoms. The van der Waals surface area contributed by atoms with Crippen LogP contribution in [0.1, 0.15) is 12.8 Å². The molecule has 2 amide bonds. The number of amides is 2. The number of urea groups is 1. The number of halogens is 2. The highest BCUT2D eigenvalue weighted by Crippen LogP contribution is 2.26. The Morgan fingerprint density at radius 1 is 1.38 bits per heavy atom. The first-order valence-electron chi connectivity index (χ1n) is 6.85. The molecule has 0 heterocycles. The van der Waals surface area contributed by atoms with Gasteiger partial charge < -0.3 is 20.1 Å². The minimum absolute atomic E-state index is 0.0741. The fourth-order valence-electron chi connectivity index (χ4n) is 1.94. The molecule has 0 aromatic heterocycles. The number of aliphatic hydroxyl groups excluding tert-OH is 1. The van der Waals surface area contributed by atoms with Gasteiger partial charge in [-0.15, -0.1) is 0 Å². The zero-order valence-corrected chi connectivity index (χ0v) is 11.5. The lowest BCUT2D eigenvalue weighted by molar-refractivity contribution is 0.171. The summed E-state index contributed by atoms with van der Waals surface area (Å²) < 4.78 is 30.9. The normalized spacial score (nSPS) is 13.9. The summed E-state index contributed by atoms with van der Waals surface area (Å²) >= 11 is 0. The standard InChI is InChI=1S/C14H18F2N2O3/c15-12-4-3-11(9-13(12)16)21-8-5-17-14(20)18(6-7-19)10-1-2-10/h3-4,9-10,19H,1-2,5-8H2,(H,17,20). The van der Waals surface area contributed by atoms with Gasteiger partial charge in [-0.25, -0.2) is 13.6 Å². The van der Waals surface area contributed by atoms with E-state index in [0.29, 0.717) is 6.54 Å². The molecule has 2 N–H and O–H groups in total. The van der Waals surface area contributed by atoms with Crippen LogP contribution in [0, 0.1) is 11.6 Å². The van der Waals surface area contributed by atoms with Crippen LogP contribution in [0.4, 0.5) is 13.6 Å². The van der Waals surface area contributed by atoms with E-state index in [1.54, 1.807) is 4.90 Å². The third kappa shape index (κ3) is 4.56. The van der Waals surface area contributed by atoms with E-state index in [0.717, 1.165) is 25.0 Å². The van der Waals surface area contributed by atoms with Gasteiger partial charge in [0.15, 0.2) is 11.6 Å². The van der Waals surface area contributed by atoms with Crippen LogP contribution >= 0.6 is 0 Å². The number of benzene rings is 1. The maximum Gasteiger partial charge on any atom is 0.317 e. The Hall–Kier alpha value is -1.89. The molecule has 5 nitrogen and oxygen atoms in total. The molecule has 1 aliphatic carbocycles. The van der Waals surface area contributed by atoms with Gasteiger partial charge >= 0.3 is 6.03 Å². The van der Waals surface area contributed by atoms with Gasteiger partial charge in [0.1, 0.15) is 12.4 Å². The van der Waals surface area contributed by atoms with E-state index in [1.165, 1.54) is 6.07 Å². The second-order valence-electron chi connectivity index (χ2n) is 4.80. The number of ether oxygens (including phenoxy) is 1. The maximum atomic E-state index is 12.9. The van der Waals surface area contributed by atoms with E-state index in [4.69, 9.17) is 9.84 Å². The Balaban J connectivity index is 1.71. The average Bonchev–Trinajstić information content (AvgIpc) is 3.29. The van der Waals surface area contributed by atoms with Crippen LogP contribution in [0.25, 0.3) is 0 Å². The van der Waals surface area contributed by atoms with Gasteiger partial charge in [-0.3, -0.25) is 0 Å². The number of hydrogen-bond acceptors (Lipinski definition) is 3. The van der Waals surface area contributed by atoms with Crippen LogP contribution in [-0.2, 0) is 0 Å². The third-order valence-corrected chi connectivity index (χ3v) is 3.13. The number of nitrogens with one attached hydrogen (secondary N) is 1. The van der Waals surface area contributed by atoms with Crippen molar-refractivity contribution in [3.8, 4) is 5.75 Å². The lowest BCUT2D eigenvalue weighted by Gasteiger charge is -2.21. The largest absolute Gasteiger partial charge is 0.492 e. The van der Waals surface area contributed by atoms with Gasteiger partial charge in [0.2, 0.25) is 0 Å². The molecule has 1 aromatic carbocycles. The van der Waals surface area contributed by atoms with Crippen molar-refractivity contribution in [2.75, 3.05) is 26.3 Å². The first-order valence-corrected chi connectivity index (χ1v) is 6.85. The minimum Gasteiger partial charge on any atom is -0.492 e. The van der Waals surface area contributed by atoms with Crippen molar-refractivity contribution < 1.29 is 23.4 Å². The zero-order chi connectivity index (χ0) is 15.2. The van der Waals surface area contributed by atoms with Crippen LogP contribution < -0.4 is 10.1 Å². The molecule has 0 aliphatic heterocycles. The van der Waals surface area contributed by atoms with Gasteiger partial charge in [0.05, 0.1) is 13.2 Å². The molecule has 0 atom stereocenters. The summed E-state index contributed by atoms with van der Waals surface area (Å²) in [5.74, 6) is -1.70. The minimum atomic E-state index is -0.973. The van der Waals surface area contributed by atoms with Crippen LogP contribution in [0.2, 0.25) is 0 Å². The van der Waals surface area contributed by atoms with Crippen LogP contribution in [0.3, 0.4) is 0 Å². The van der Waals surface area contributed by atoms with Crippen molar-refractivity contribution in [3.63, 3.8) is 0 Å². The molecular formula is C14H18F2N2O3. The fraction of sp³-hybridized carbons (Fsp3) is 0.500. The molecule has 0 unspecified atom stereocenters. The zero-order valence-electron chi connectivity index (χ0n) is 11.5. The molecule has 0 radical (unpaired) electrons. The maximum absolute atomic E-state index is 12.9. The highest BCUT2D eigenvalue weighted by molar-refractivity contribution is 5.74. The highest BCUT2D eigenvalue weighted by Gasteiger charge is 2.31. The average molecular weight is 300 g/mol. The van der Waals surface area contributed by atoms with E-state index in [1.807, 2.05) is 0 Å². The van der Waals surface area contributed by atoms with Crippen molar-refractivity contribution >= 4 is 6.03 Å². The Kier molecular flexibility index (Phi) is 5.32. The van der Waals surface area contributed by atoms with E-state index in [-0.39, 0.29) is 37.6 Å². The second kappa shape index (κ2) is 7.21. The lowest BCUT2D eigenvalue weighted by Crippen LogP contribution is -2.44. The molecule has 116 valence electrons. The quantitative estimate of drug-likeness (QED) is 0.750.